The number of halogens is 3. The van der Waals surface area contributed by atoms with Crippen molar-refractivity contribution in [2.45, 2.75) is 40.0 Å². The summed E-state index contributed by atoms with van der Waals surface area (Å²) in [6.07, 6.45) is -4.30. The van der Waals surface area contributed by atoms with Gasteiger partial charge in [0, 0.05) is 0 Å². The standard InChI is InChI=1S/C9H17F3O/c1-6(2)8(9(10,11)12)5-13-7(3)4/h6-8H,5H2,1-4H3. The summed E-state index contributed by atoms with van der Waals surface area (Å²) in [6.45, 7) is 6.34. The molecule has 4 heteroatoms. The van der Waals surface area contributed by atoms with Crippen LogP contribution in [0.5, 0.6) is 0 Å². The molecule has 13 heavy (non-hydrogen) atoms. The average Bonchev–Trinajstić information content (AvgIpc) is 1.81. The lowest BCUT2D eigenvalue weighted by molar-refractivity contribution is -0.202. The Morgan fingerprint density at radius 1 is 1.08 bits per heavy atom. The fraction of sp³-hybridized carbons (Fsp3) is 1.00. The molecule has 0 aromatic heterocycles. The first-order chi connectivity index (χ1) is 5.75. The minimum atomic E-state index is -4.15. The Labute approximate surface area is 77.3 Å². The van der Waals surface area contributed by atoms with Crippen molar-refractivity contribution in [3.63, 3.8) is 0 Å². The lowest BCUT2D eigenvalue weighted by Crippen LogP contribution is -2.32. The summed E-state index contributed by atoms with van der Waals surface area (Å²) in [5.41, 5.74) is 0. The molecular formula is C9H17F3O. The zero-order chi connectivity index (χ0) is 10.6. The van der Waals surface area contributed by atoms with Crippen LogP contribution >= 0.6 is 0 Å². The highest BCUT2D eigenvalue weighted by Crippen LogP contribution is 2.32. The van der Waals surface area contributed by atoms with Crippen LogP contribution in [0.2, 0.25) is 0 Å². The Morgan fingerprint density at radius 2 is 1.54 bits per heavy atom. The molecule has 0 aliphatic heterocycles. The summed E-state index contributed by atoms with van der Waals surface area (Å²) < 4.78 is 42.0. The van der Waals surface area contributed by atoms with Crippen LogP contribution in [-0.4, -0.2) is 18.9 Å². The largest absolute Gasteiger partial charge is 0.394 e. The van der Waals surface area contributed by atoms with Crippen molar-refractivity contribution in [3.8, 4) is 0 Å². The summed E-state index contributed by atoms with van der Waals surface area (Å²) in [4.78, 5) is 0. The summed E-state index contributed by atoms with van der Waals surface area (Å²) in [5, 5.41) is 0. The molecule has 0 heterocycles. The predicted octanol–water partition coefficient (Wildman–Crippen LogP) is 3.25. The maximum Gasteiger partial charge on any atom is 0.394 e. The van der Waals surface area contributed by atoms with Crippen molar-refractivity contribution >= 4 is 0 Å². The van der Waals surface area contributed by atoms with Crippen LogP contribution in [0.25, 0.3) is 0 Å². The van der Waals surface area contributed by atoms with Crippen LogP contribution < -0.4 is 0 Å². The molecule has 0 aliphatic carbocycles. The minimum Gasteiger partial charge on any atom is -0.378 e. The SMILES string of the molecule is CC(C)OCC(C(C)C)C(F)(F)F. The molecule has 0 saturated heterocycles. The van der Waals surface area contributed by atoms with Crippen molar-refractivity contribution in [1.82, 2.24) is 0 Å². The van der Waals surface area contributed by atoms with Gasteiger partial charge in [-0.15, -0.1) is 0 Å². The van der Waals surface area contributed by atoms with Crippen molar-refractivity contribution in [2.75, 3.05) is 6.61 Å². The molecule has 0 spiro atoms. The highest BCUT2D eigenvalue weighted by Gasteiger charge is 2.41. The molecule has 0 amide bonds. The number of hydrogen-bond donors (Lipinski definition) is 0. The number of hydrogen-bond acceptors (Lipinski definition) is 1. The molecule has 1 atom stereocenters. The lowest BCUT2D eigenvalue weighted by Gasteiger charge is -2.24. The van der Waals surface area contributed by atoms with Gasteiger partial charge in [-0.25, -0.2) is 0 Å². The molecule has 0 bridgehead atoms. The zero-order valence-electron chi connectivity index (χ0n) is 8.48. The Balaban J connectivity index is 4.12. The van der Waals surface area contributed by atoms with Crippen molar-refractivity contribution in [3.05, 3.63) is 0 Å². The van der Waals surface area contributed by atoms with Crippen LogP contribution in [0, 0.1) is 11.8 Å². The van der Waals surface area contributed by atoms with Crippen LogP contribution in [0.3, 0.4) is 0 Å². The normalized spacial score (nSPS) is 15.5. The van der Waals surface area contributed by atoms with Crippen LogP contribution in [0.1, 0.15) is 27.7 Å². The second kappa shape index (κ2) is 4.84. The van der Waals surface area contributed by atoms with E-state index in [1.54, 1.807) is 27.7 Å². The zero-order valence-corrected chi connectivity index (χ0v) is 8.48. The lowest BCUT2D eigenvalue weighted by atomic mass is 9.96. The maximum absolute atomic E-state index is 12.3. The van der Waals surface area contributed by atoms with Gasteiger partial charge in [-0.2, -0.15) is 13.2 Å². The topological polar surface area (TPSA) is 9.23 Å². The monoisotopic (exact) mass is 198 g/mol. The van der Waals surface area contributed by atoms with Gasteiger partial charge >= 0.3 is 6.18 Å². The van der Waals surface area contributed by atoms with E-state index in [4.69, 9.17) is 4.74 Å². The molecule has 0 radical (unpaired) electrons. The number of rotatable bonds is 4. The smallest absolute Gasteiger partial charge is 0.378 e. The van der Waals surface area contributed by atoms with Crippen molar-refractivity contribution < 1.29 is 17.9 Å². The summed E-state index contributed by atoms with van der Waals surface area (Å²) in [7, 11) is 0. The van der Waals surface area contributed by atoms with Crippen molar-refractivity contribution in [2.24, 2.45) is 11.8 Å². The molecule has 0 aromatic rings. The molecule has 0 aliphatic rings. The van der Waals surface area contributed by atoms with Gasteiger partial charge in [0.15, 0.2) is 0 Å². The average molecular weight is 198 g/mol. The third-order valence-electron chi connectivity index (χ3n) is 1.83. The fourth-order valence-electron chi connectivity index (χ4n) is 0.961. The Kier molecular flexibility index (Phi) is 4.75. The Morgan fingerprint density at radius 3 is 1.77 bits per heavy atom. The molecule has 80 valence electrons. The first kappa shape index (κ1) is 12.8. The van der Waals surface area contributed by atoms with Gasteiger partial charge in [0.2, 0.25) is 0 Å². The summed E-state index contributed by atoms with van der Waals surface area (Å²) >= 11 is 0. The van der Waals surface area contributed by atoms with Gasteiger partial charge < -0.3 is 4.74 Å². The van der Waals surface area contributed by atoms with Gasteiger partial charge in [0.25, 0.3) is 0 Å². The number of ether oxygens (including phenoxy) is 1. The third-order valence-corrected chi connectivity index (χ3v) is 1.83. The van der Waals surface area contributed by atoms with E-state index in [2.05, 4.69) is 0 Å². The van der Waals surface area contributed by atoms with E-state index in [0.29, 0.717) is 0 Å². The van der Waals surface area contributed by atoms with Crippen LogP contribution in [0.4, 0.5) is 13.2 Å². The van der Waals surface area contributed by atoms with E-state index in [0.717, 1.165) is 0 Å². The Hall–Kier alpha value is -0.250. The fourth-order valence-corrected chi connectivity index (χ4v) is 0.961. The quantitative estimate of drug-likeness (QED) is 0.673. The van der Waals surface area contributed by atoms with Gasteiger partial charge in [0.05, 0.1) is 18.6 Å². The first-order valence-electron chi connectivity index (χ1n) is 4.43. The van der Waals surface area contributed by atoms with E-state index < -0.39 is 18.0 Å². The highest BCUT2D eigenvalue weighted by molar-refractivity contribution is 4.70. The molecule has 1 unspecified atom stereocenters. The third kappa shape index (κ3) is 5.13. The summed E-state index contributed by atoms with van der Waals surface area (Å²) in [5.74, 6) is -1.78. The first-order valence-corrected chi connectivity index (χ1v) is 4.43. The van der Waals surface area contributed by atoms with E-state index >= 15 is 0 Å². The second-order valence-corrected chi connectivity index (χ2v) is 3.77. The van der Waals surface area contributed by atoms with Gasteiger partial charge in [-0.1, -0.05) is 13.8 Å². The molecule has 0 fully saturated rings. The van der Waals surface area contributed by atoms with E-state index in [1.807, 2.05) is 0 Å². The van der Waals surface area contributed by atoms with Gasteiger partial charge in [-0.3, -0.25) is 0 Å². The van der Waals surface area contributed by atoms with E-state index in [1.165, 1.54) is 0 Å². The predicted molar refractivity (Wildman–Crippen MR) is 45.5 cm³/mol. The van der Waals surface area contributed by atoms with Crippen molar-refractivity contribution in [1.29, 1.82) is 0 Å². The summed E-state index contributed by atoms with van der Waals surface area (Å²) in [6, 6.07) is 0. The van der Waals surface area contributed by atoms with Crippen LogP contribution in [0.15, 0.2) is 0 Å². The minimum absolute atomic E-state index is 0.149. The Bertz CT molecular complexity index is 140. The molecule has 1 nitrogen and oxygen atoms in total. The molecule has 0 rings (SSSR count). The van der Waals surface area contributed by atoms with Gasteiger partial charge in [0.1, 0.15) is 0 Å². The second-order valence-electron chi connectivity index (χ2n) is 3.77. The number of alkyl halides is 3. The van der Waals surface area contributed by atoms with Gasteiger partial charge in [-0.05, 0) is 19.8 Å². The molecule has 0 saturated carbocycles. The molecular weight excluding hydrogens is 181 g/mol. The molecule has 0 aromatic carbocycles. The molecule has 0 N–H and O–H groups in total. The van der Waals surface area contributed by atoms with E-state index in [9.17, 15) is 13.2 Å². The highest BCUT2D eigenvalue weighted by atomic mass is 19.4. The van der Waals surface area contributed by atoms with Crippen LogP contribution in [-0.2, 0) is 4.74 Å². The maximum atomic E-state index is 12.3. The van der Waals surface area contributed by atoms with E-state index in [-0.39, 0.29) is 12.7 Å².